The van der Waals surface area contributed by atoms with Crippen molar-refractivity contribution < 1.29 is 0 Å². The van der Waals surface area contributed by atoms with Crippen LogP contribution in [0.3, 0.4) is 0 Å². The van der Waals surface area contributed by atoms with Crippen LogP contribution in [0.4, 0.5) is 5.82 Å². The standard InChI is InChI=1S/C18H29N3O/c1-2-3-4-5-6-7-8-9-10-11-12-13-14-16-15-20-18(22)21-17(16)19/h15H,2-12H2,1H3,(H3,19,20,21,22). The van der Waals surface area contributed by atoms with Gasteiger partial charge in [0.1, 0.15) is 5.82 Å². The summed E-state index contributed by atoms with van der Waals surface area (Å²) in [5.74, 6) is 6.36. The zero-order chi connectivity index (χ0) is 16.0. The van der Waals surface area contributed by atoms with Crippen LogP contribution < -0.4 is 11.4 Å². The first-order valence-electron chi connectivity index (χ1n) is 8.57. The maximum absolute atomic E-state index is 10.9. The maximum atomic E-state index is 10.9. The molecule has 4 heteroatoms. The van der Waals surface area contributed by atoms with E-state index in [0.29, 0.717) is 11.4 Å². The molecule has 1 aromatic heterocycles. The smallest absolute Gasteiger partial charge is 0.346 e. The van der Waals surface area contributed by atoms with Crippen molar-refractivity contribution in [1.29, 1.82) is 0 Å². The number of hydrogen-bond acceptors (Lipinski definition) is 3. The quantitative estimate of drug-likeness (QED) is 0.506. The summed E-state index contributed by atoms with van der Waals surface area (Å²) in [7, 11) is 0. The lowest BCUT2D eigenvalue weighted by atomic mass is 10.1. The first-order chi connectivity index (χ1) is 10.7. The van der Waals surface area contributed by atoms with E-state index in [1.165, 1.54) is 64.0 Å². The van der Waals surface area contributed by atoms with Gasteiger partial charge in [-0.25, -0.2) is 9.78 Å². The Balaban J connectivity index is 2.02. The first kappa shape index (κ1) is 18.3. The number of rotatable bonds is 10. The Morgan fingerprint density at radius 1 is 1.05 bits per heavy atom. The van der Waals surface area contributed by atoms with Gasteiger partial charge >= 0.3 is 5.69 Å². The van der Waals surface area contributed by atoms with E-state index in [2.05, 4.69) is 28.7 Å². The number of anilines is 1. The normalized spacial score (nSPS) is 10.2. The lowest BCUT2D eigenvalue weighted by molar-refractivity contribution is 0.558. The fourth-order valence-electron chi connectivity index (χ4n) is 2.37. The number of H-pyrrole nitrogens is 1. The molecule has 0 fully saturated rings. The van der Waals surface area contributed by atoms with Gasteiger partial charge < -0.3 is 5.73 Å². The zero-order valence-corrected chi connectivity index (χ0v) is 13.8. The SMILES string of the molecule is CCCCCCCCCCCCC#Cc1cnc(=O)[nH]c1N. The van der Waals surface area contributed by atoms with Crippen molar-refractivity contribution in [1.82, 2.24) is 9.97 Å². The van der Waals surface area contributed by atoms with Gasteiger partial charge in [-0.1, -0.05) is 76.6 Å². The molecule has 122 valence electrons. The Bertz CT molecular complexity index is 525. The summed E-state index contributed by atoms with van der Waals surface area (Å²) < 4.78 is 0. The highest BCUT2D eigenvalue weighted by atomic mass is 16.1. The molecule has 0 aliphatic heterocycles. The molecule has 0 spiro atoms. The third-order valence-corrected chi connectivity index (χ3v) is 3.72. The Morgan fingerprint density at radius 2 is 1.64 bits per heavy atom. The largest absolute Gasteiger partial charge is 0.384 e. The van der Waals surface area contributed by atoms with Gasteiger partial charge in [0.15, 0.2) is 0 Å². The van der Waals surface area contributed by atoms with Crippen molar-refractivity contribution in [3.05, 3.63) is 22.2 Å². The minimum Gasteiger partial charge on any atom is -0.384 e. The van der Waals surface area contributed by atoms with E-state index in [1.807, 2.05) is 0 Å². The molecule has 0 aliphatic rings. The van der Waals surface area contributed by atoms with Gasteiger partial charge in [0.2, 0.25) is 0 Å². The predicted molar refractivity (Wildman–Crippen MR) is 92.6 cm³/mol. The lowest BCUT2D eigenvalue weighted by Crippen LogP contribution is -2.12. The summed E-state index contributed by atoms with van der Waals surface area (Å²) >= 11 is 0. The van der Waals surface area contributed by atoms with Crippen LogP contribution in [-0.2, 0) is 0 Å². The summed E-state index contributed by atoms with van der Waals surface area (Å²) in [5, 5.41) is 0. The topological polar surface area (TPSA) is 71.8 Å². The molecule has 4 nitrogen and oxygen atoms in total. The molecule has 0 aliphatic carbocycles. The number of aromatic amines is 1. The molecular weight excluding hydrogens is 274 g/mol. The second-order valence-corrected chi connectivity index (χ2v) is 5.75. The van der Waals surface area contributed by atoms with Gasteiger partial charge in [0, 0.05) is 6.42 Å². The molecule has 0 amide bonds. The highest BCUT2D eigenvalue weighted by Crippen LogP contribution is 2.11. The Kier molecular flexibility index (Phi) is 9.85. The van der Waals surface area contributed by atoms with Gasteiger partial charge in [-0.2, -0.15) is 0 Å². The van der Waals surface area contributed by atoms with E-state index in [9.17, 15) is 4.79 Å². The molecule has 0 aromatic carbocycles. The molecule has 3 N–H and O–H groups in total. The number of nitrogens with one attached hydrogen (secondary N) is 1. The van der Waals surface area contributed by atoms with E-state index in [4.69, 9.17) is 5.73 Å². The fourth-order valence-corrected chi connectivity index (χ4v) is 2.37. The maximum Gasteiger partial charge on any atom is 0.346 e. The van der Waals surface area contributed by atoms with Crippen molar-refractivity contribution in [2.75, 3.05) is 5.73 Å². The minimum absolute atomic E-state index is 0.301. The lowest BCUT2D eigenvalue weighted by Gasteiger charge is -2.00. The molecule has 1 aromatic rings. The third-order valence-electron chi connectivity index (χ3n) is 3.72. The highest BCUT2D eigenvalue weighted by molar-refractivity contribution is 5.48. The van der Waals surface area contributed by atoms with Crippen molar-refractivity contribution in [3.63, 3.8) is 0 Å². The van der Waals surface area contributed by atoms with E-state index < -0.39 is 5.69 Å². The summed E-state index contributed by atoms with van der Waals surface area (Å²) in [6.07, 6.45) is 15.6. The average Bonchev–Trinajstić information content (AvgIpc) is 2.50. The second-order valence-electron chi connectivity index (χ2n) is 5.75. The van der Waals surface area contributed by atoms with Crippen molar-refractivity contribution >= 4 is 5.82 Å². The van der Waals surface area contributed by atoms with Crippen LogP contribution in [0.5, 0.6) is 0 Å². The Labute approximate surface area is 133 Å². The van der Waals surface area contributed by atoms with Gasteiger partial charge in [0.05, 0.1) is 11.8 Å². The fraction of sp³-hybridized carbons (Fsp3) is 0.667. The van der Waals surface area contributed by atoms with Gasteiger partial charge in [-0.3, -0.25) is 4.98 Å². The molecule has 1 heterocycles. The summed E-state index contributed by atoms with van der Waals surface area (Å²) in [4.78, 5) is 17.0. The Hall–Kier alpha value is -1.76. The number of nitrogens with zero attached hydrogens (tertiary/aromatic N) is 1. The molecule has 0 saturated heterocycles. The van der Waals surface area contributed by atoms with E-state index in [1.54, 1.807) is 0 Å². The zero-order valence-electron chi connectivity index (χ0n) is 13.8. The van der Waals surface area contributed by atoms with Crippen LogP contribution in [0.15, 0.2) is 11.0 Å². The molecule has 0 bridgehead atoms. The molecule has 1 rings (SSSR count). The average molecular weight is 303 g/mol. The number of hydrogen-bond donors (Lipinski definition) is 2. The number of nitrogens with two attached hydrogens (primary N) is 1. The molecule has 0 radical (unpaired) electrons. The van der Waals surface area contributed by atoms with Gasteiger partial charge in [-0.05, 0) is 6.42 Å². The van der Waals surface area contributed by atoms with Crippen LogP contribution in [0.25, 0.3) is 0 Å². The minimum atomic E-state index is -0.433. The molecular formula is C18H29N3O. The van der Waals surface area contributed by atoms with Crippen molar-refractivity contribution in [2.45, 2.75) is 77.6 Å². The molecule has 0 saturated carbocycles. The third kappa shape index (κ3) is 8.51. The number of unbranched alkanes of at least 4 members (excludes halogenated alkanes) is 10. The van der Waals surface area contributed by atoms with E-state index >= 15 is 0 Å². The van der Waals surface area contributed by atoms with E-state index in [-0.39, 0.29) is 0 Å². The van der Waals surface area contributed by atoms with Crippen molar-refractivity contribution in [3.8, 4) is 11.8 Å². The summed E-state index contributed by atoms with van der Waals surface area (Å²) in [6.45, 7) is 2.25. The summed E-state index contributed by atoms with van der Waals surface area (Å²) in [6, 6.07) is 0. The molecule has 0 atom stereocenters. The monoisotopic (exact) mass is 303 g/mol. The predicted octanol–water partition coefficient (Wildman–Crippen LogP) is 4.01. The van der Waals surface area contributed by atoms with Crippen LogP contribution in [0, 0.1) is 11.8 Å². The second kappa shape index (κ2) is 11.9. The molecule has 0 unspecified atom stereocenters. The molecule has 22 heavy (non-hydrogen) atoms. The number of nitrogen functional groups attached to an aromatic ring is 1. The Morgan fingerprint density at radius 3 is 2.23 bits per heavy atom. The van der Waals surface area contributed by atoms with Crippen molar-refractivity contribution in [2.24, 2.45) is 0 Å². The summed E-state index contributed by atoms with van der Waals surface area (Å²) in [5.41, 5.74) is 5.83. The number of aromatic nitrogens is 2. The highest BCUT2D eigenvalue weighted by Gasteiger charge is 1.96. The first-order valence-corrected chi connectivity index (χ1v) is 8.57. The van der Waals surface area contributed by atoms with Gasteiger partial charge in [-0.15, -0.1) is 0 Å². The van der Waals surface area contributed by atoms with E-state index in [0.717, 1.165) is 12.8 Å². The van der Waals surface area contributed by atoms with Gasteiger partial charge in [0.25, 0.3) is 0 Å². The van der Waals surface area contributed by atoms with Crippen LogP contribution in [0.2, 0.25) is 0 Å². The van der Waals surface area contributed by atoms with Crippen LogP contribution in [0.1, 0.15) is 83.1 Å². The van der Waals surface area contributed by atoms with Crippen LogP contribution in [-0.4, -0.2) is 9.97 Å². The van der Waals surface area contributed by atoms with Crippen LogP contribution >= 0.6 is 0 Å².